The van der Waals surface area contributed by atoms with E-state index in [1.165, 1.54) is 23.2 Å². The zero-order chi connectivity index (χ0) is 19.2. The van der Waals surface area contributed by atoms with Crippen molar-refractivity contribution in [1.29, 1.82) is 0 Å². The summed E-state index contributed by atoms with van der Waals surface area (Å²) >= 11 is 0. The molecule has 0 atom stereocenters. The van der Waals surface area contributed by atoms with Crippen LogP contribution in [0.4, 0.5) is 5.69 Å². The highest BCUT2D eigenvalue weighted by Crippen LogP contribution is 2.29. The lowest BCUT2D eigenvalue weighted by Gasteiger charge is -2.30. The number of fused-ring (bicyclic) bond motifs is 1. The number of amides is 1. The average Bonchev–Trinajstić information content (AvgIpc) is 2.72. The van der Waals surface area contributed by atoms with Crippen molar-refractivity contribution in [3.63, 3.8) is 0 Å². The molecule has 0 unspecified atom stereocenters. The van der Waals surface area contributed by atoms with E-state index in [0.717, 1.165) is 25.9 Å². The maximum absolute atomic E-state index is 12.6. The van der Waals surface area contributed by atoms with E-state index in [1.807, 2.05) is 0 Å². The maximum Gasteiger partial charge on any atom is 0.258 e. The van der Waals surface area contributed by atoms with Gasteiger partial charge in [-0.05, 0) is 55.5 Å². The molecule has 1 heterocycles. The largest absolute Gasteiger partial charge is 0.496 e. The minimum atomic E-state index is -0.181. The van der Waals surface area contributed by atoms with E-state index in [1.54, 1.807) is 32.4 Å². The summed E-state index contributed by atoms with van der Waals surface area (Å²) < 4.78 is 10.6. The van der Waals surface area contributed by atoms with Gasteiger partial charge in [0.2, 0.25) is 0 Å². The standard InChI is InChI=1S/C22H28N2O3/c1-4-24-14-6-7-17-15-16(10-11-18(17)24)12-13-23-22(25)21-19(26-2)8-5-9-20(21)27-3/h5,8-11,15H,4,6-7,12-14H2,1-3H3,(H,23,25). The van der Waals surface area contributed by atoms with E-state index < -0.39 is 0 Å². The third-order valence-electron chi connectivity index (χ3n) is 5.09. The molecule has 0 fully saturated rings. The first-order valence-electron chi connectivity index (χ1n) is 9.53. The summed E-state index contributed by atoms with van der Waals surface area (Å²) in [6.45, 7) is 4.95. The quantitative estimate of drug-likeness (QED) is 0.813. The average molecular weight is 368 g/mol. The molecule has 2 aromatic rings. The smallest absolute Gasteiger partial charge is 0.258 e. The van der Waals surface area contributed by atoms with E-state index >= 15 is 0 Å². The van der Waals surface area contributed by atoms with Crippen LogP contribution in [0, 0.1) is 0 Å². The number of carbonyl (C=O) groups excluding carboxylic acids is 1. The maximum atomic E-state index is 12.6. The molecule has 1 aliphatic rings. The van der Waals surface area contributed by atoms with Gasteiger partial charge in [0.25, 0.3) is 5.91 Å². The molecule has 1 N–H and O–H groups in total. The van der Waals surface area contributed by atoms with Gasteiger partial charge in [-0.2, -0.15) is 0 Å². The van der Waals surface area contributed by atoms with E-state index in [9.17, 15) is 4.79 Å². The summed E-state index contributed by atoms with van der Waals surface area (Å²) in [6, 6.07) is 12.0. The number of hydrogen-bond acceptors (Lipinski definition) is 4. The number of nitrogens with zero attached hydrogens (tertiary/aromatic N) is 1. The second-order valence-corrected chi connectivity index (χ2v) is 6.69. The fourth-order valence-electron chi connectivity index (χ4n) is 3.70. The number of anilines is 1. The van der Waals surface area contributed by atoms with E-state index in [4.69, 9.17) is 9.47 Å². The molecule has 0 radical (unpaired) electrons. The topological polar surface area (TPSA) is 50.8 Å². The molecule has 5 heteroatoms. The van der Waals surface area contributed by atoms with Crippen LogP contribution in [-0.4, -0.2) is 39.8 Å². The van der Waals surface area contributed by atoms with Crippen molar-refractivity contribution >= 4 is 11.6 Å². The molecule has 0 bridgehead atoms. The molecule has 2 aromatic carbocycles. The van der Waals surface area contributed by atoms with Crippen molar-refractivity contribution < 1.29 is 14.3 Å². The first-order chi connectivity index (χ1) is 13.2. The van der Waals surface area contributed by atoms with E-state index in [2.05, 4.69) is 35.3 Å². The van der Waals surface area contributed by atoms with Crippen LogP contribution >= 0.6 is 0 Å². The van der Waals surface area contributed by atoms with Gasteiger partial charge in [-0.1, -0.05) is 18.2 Å². The van der Waals surface area contributed by atoms with Crippen molar-refractivity contribution in [3.8, 4) is 11.5 Å². The first-order valence-corrected chi connectivity index (χ1v) is 9.53. The van der Waals surface area contributed by atoms with Crippen LogP contribution in [0.5, 0.6) is 11.5 Å². The summed E-state index contributed by atoms with van der Waals surface area (Å²) in [7, 11) is 3.11. The number of nitrogens with one attached hydrogen (secondary N) is 1. The summed E-state index contributed by atoms with van der Waals surface area (Å²) in [5, 5.41) is 2.99. The summed E-state index contributed by atoms with van der Waals surface area (Å²) in [5.74, 6) is 0.847. The molecule has 1 amide bonds. The SMILES string of the molecule is CCN1CCCc2cc(CCNC(=O)c3c(OC)cccc3OC)ccc21. The van der Waals surface area contributed by atoms with Gasteiger partial charge in [0.15, 0.2) is 0 Å². The predicted octanol–water partition coefficient (Wildman–Crippen LogP) is 3.45. The Labute approximate surface area is 161 Å². The highest BCUT2D eigenvalue weighted by molar-refractivity contribution is 5.99. The van der Waals surface area contributed by atoms with Crippen molar-refractivity contribution in [2.75, 3.05) is 38.8 Å². The Hall–Kier alpha value is -2.69. The Balaban J connectivity index is 1.65. The Kier molecular flexibility index (Phi) is 6.22. The second kappa shape index (κ2) is 8.80. The third-order valence-corrected chi connectivity index (χ3v) is 5.09. The zero-order valence-corrected chi connectivity index (χ0v) is 16.4. The van der Waals surface area contributed by atoms with Crippen LogP contribution in [0.2, 0.25) is 0 Å². The molecule has 1 aliphatic heterocycles. The molecule has 144 valence electrons. The summed E-state index contributed by atoms with van der Waals surface area (Å²) in [5.41, 5.74) is 4.46. The third kappa shape index (κ3) is 4.18. The van der Waals surface area contributed by atoms with Crippen LogP contribution in [0.25, 0.3) is 0 Å². The van der Waals surface area contributed by atoms with Gasteiger partial charge in [0, 0.05) is 25.3 Å². The highest BCUT2D eigenvalue weighted by Gasteiger charge is 2.18. The molecule has 0 aromatic heterocycles. The second-order valence-electron chi connectivity index (χ2n) is 6.69. The van der Waals surface area contributed by atoms with Crippen molar-refractivity contribution in [1.82, 2.24) is 5.32 Å². The Bertz CT molecular complexity index is 782. The van der Waals surface area contributed by atoms with Crippen LogP contribution in [0.3, 0.4) is 0 Å². The lowest BCUT2D eigenvalue weighted by atomic mass is 9.98. The van der Waals surface area contributed by atoms with Crippen LogP contribution < -0.4 is 19.7 Å². The fraction of sp³-hybridized carbons (Fsp3) is 0.409. The van der Waals surface area contributed by atoms with E-state index in [-0.39, 0.29) is 5.91 Å². The molecular formula is C22H28N2O3. The normalized spacial score (nSPS) is 13.1. The number of methoxy groups -OCH3 is 2. The van der Waals surface area contributed by atoms with Crippen molar-refractivity contribution in [3.05, 3.63) is 53.1 Å². The monoisotopic (exact) mass is 368 g/mol. The minimum Gasteiger partial charge on any atom is -0.496 e. The summed E-state index contributed by atoms with van der Waals surface area (Å²) in [4.78, 5) is 15.1. The van der Waals surface area contributed by atoms with Gasteiger partial charge in [0.1, 0.15) is 17.1 Å². The lowest BCUT2D eigenvalue weighted by Crippen LogP contribution is -2.29. The molecule has 3 rings (SSSR count). The van der Waals surface area contributed by atoms with Gasteiger partial charge in [0.05, 0.1) is 14.2 Å². The molecule has 27 heavy (non-hydrogen) atoms. The number of ether oxygens (including phenoxy) is 2. The number of hydrogen-bond donors (Lipinski definition) is 1. The Morgan fingerprint density at radius 1 is 1.15 bits per heavy atom. The first kappa shape index (κ1) is 19.1. The molecule has 0 spiro atoms. The molecule has 5 nitrogen and oxygen atoms in total. The molecular weight excluding hydrogens is 340 g/mol. The lowest BCUT2D eigenvalue weighted by molar-refractivity contribution is 0.0948. The molecule has 0 saturated heterocycles. The van der Waals surface area contributed by atoms with Crippen molar-refractivity contribution in [2.24, 2.45) is 0 Å². The van der Waals surface area contributed by atoms with Gasteiger partial charge in [-0.3, -0.25) is 4.79 Å². The zero-order valence-electron chi connectivity index (χ0n) is 16.4. The Morgan fingerprint density at radius 3 is 2.56 bits per heavy atom. The molecule has 0 saturated carbocycles. The van der Waals surface area contributed by atoms with Crippen molar-refractivity contribution in [2.45, 2.75) is 26.2 Å². The Morgan fingerprint density at radius 2 is 1.89 bits per heavy atom. The fourth-order valence-corrected chi connectivity index (χ4v) is 3.70. The highest BCUT2D eigenvalue weighted by atomic mass is 16.5. The van der Waals surface area contributed by atoms with Gasteiger partial charge in [-0.25, -0.2) is 0 Å². The number of rotatable bonds is 7. The minimum absolute atomic E-state index is 0.181. The van der Waals surface area contributed by atoms with Gasteiger partial charge in [-0.15, -0.1) is 0 Å². The van der Waals surface area contributed by atoms with Crippen LogP contribution in [0.1, 0.15) is 34.8 Å². The molecule has 0 aliphatic carbocycles. The van der Waals surface area contributed by atoms with Gasteiger partial charge < -0.3 is 19.7 Å². The predicted molar refractivity (Wildman–Crippen MR) is 108 cm³/mol. The number of carbonyl (C=O) groups is 1. The van der Waals surface area contributed by atoms with E-state index in [0.29, 0.717) is 23.6 Å². The van der Waals surface area contributed by atoms with Crippen LogP contribution in [-0.2, 0) is 12.8 Å². The number of benzene rings is 2. The van der Waals surface area contributed by atoms with Crippen LogP contribution in [0.15, 0.2) is 36.4 Å². The number of aryl methyl sites for hydroxylation is 1. The summed E-state index contributed by atoms with van der Waals surface area (Å²) in [6.07, 6.45) is 3.13. The van der Waals surface area contributed by atoms with Gasteiger partial charge >= 0.3 is 0 Å².